The minimum absolute atomic E-state index is 0.0664. The number of hydrogen-bond donors (Lipinski definition) is 1. The first-order valence-corrected chi connectivity index (χ1v) is 7.42. The maximum absolute atomic E-state index is 12.3. The molecule has 0 saturated heterocycles. The number of aromatic nitrogens is 2. The van der Waals surface area contributed by atoms with Crippen LogP contribution in [0.15, 0.2) is 0 Å². The molecular formula is C15H26N4O. The van der Waals surface area contributed by atoms with E-state index in [0.717, 1.165) is 23.6 Å². The van der Waals surface area contributed by atoms with E-state index in [2.05, 4.69) is 29.2 Å². The number of hydrogen-bond acceptors (Lipinski definition) is 3. The van der Waals surface area contributed by atoms with Crippen LogP contribution in [-0.4, -0.2) is 39.7 Å². The van der Waals surface area contributed by atoms with Crippen molar-refractivity contribution in [3.63, 3.8) is 0 Å². The van der Waals surface area contributed by atoms with E-state index < -0.39 is 0 Å². The normalized spacial score (nSPS) is 15.2. The number of carbonyl (C=O) groups is 1. The molecule has 0 unspecified atom stereocenters. The lowest BCUT2D eigenvalue weighted by molar-refractivity contribution is -0.117. The number of rotatable bonds is 6. The fourth-order valence-corrected chi connectivity index (χ4v) is 2.57. The van der Waals surface area contributed by atoms with Crippen LogP contribution in [0, 0.1) is 19.8 Å². The average Bonchev–Trinajstić information content (AvgIpc) is 3.14. The Morgan fingerprint density at radius 3 is 2.55 bits per heavy atom. The van der Waals surface area contributed by atoms with Crippen molar-refractivity contribution >= 4 is 11.6 Å². The van der Waals surface area contributed by atoms with Gasteiger partial charge in [-0.15, -0.1) is 0 Å². The predicted octanol–water partition coefficient (Wildman–Crippen LogP) is 2.10. The molecule has 20 heavy (non-hydrogen) atoms. The maximum Gasteiger partial charge on any atom is 0.238 e. The molecule has 0 aromatic carbocycles. The third kappa shape index (κ3) is 3.60. The maximum atomic E-state index is 12.3. The highest BCUT2D eigenvalue weighted by atomic mass is 16.2. The van der Waals surface area contributed by atoms with Gasteiger partial charge in [0.25, 0.3) is 0 Å². The van der Waals surface area contributed by atoms with Crippen LogP contribution in [0.1, 0.15) is 38.1 Å². The van der Waals surface area contributed by atoms with Gasteiger partial charge in [0.1, 0.15) is 0 Å². The SMILES string of the molecule is Cc1nn(C)c(C)c1NC(=O)CN(CC(C)C)C1CC1. The van der Waals surface area contributed by atoms with E-state index >= 15 is 0 Å². The van der Waals surface area contributed by atoms with Gasteiger partial charge in [-0.05, 0) is 32.6 Å². The molecule has 1 aromatic rings. The molecule has 0 spiro atoms. The van der Waals surface area contributed by atoms with Crippen molar-refractivity contribution in [2.45, 2.75) is 46.6 Å². The summed E-state index contributed by atoms with van der Waals surface area (Å²) in [6.45, 7) is 9.77. The Hall–Kier alpha value is -1.36. The zero-order chi connectivity index (χ0) is 14.9. The standard InChI is InChI=1S/C15H26N4O/c1-10(2)8-19(13-6-7-13)9-14(20)16-15-11(3)17-18(5)12(15)4/h10,13H,6-9H2,1-5H3,(H,16,20). The molecule has 1 N–H and O–H groups in total. The summed E-state index contributed by atoms with van der Waals surface area (Å²) in [6, 6.07) is 0.610. The van der Waals surface area contributed by atoms with Crippen molar-refractivity contribution in [2.24, 2.45) is 13.0 Å². The van der Waals surface area contributed by atoms with Gasteiger partial charge in [-0.3, -0.25) is 14.4 Å². The lowest BCUT2D eigenvalue weighted by Crippen LogP contribution is -2.37. The molecule has 1 saturated carbocycles. The highest BCUT2D eigenvalue weighted by molar-refractivity contribution is 5.93. The first-order chi connectivity index (χ1) is 9.38. The van der Waals surface area contributed by atoms with Gasteiger partial charge in [0.15, 0.2) is 0 Å². The number of aryl methyl sites for hydroxylation is 2. The summed E-state index contributed by atoms with van der Waals surface area (Å²) < 4.78 is 1.80. The van der Waals surface area contributed by atoms with E-state index in [-0.39, 0.29) is 5.91 Å². The highest BCUT2D eigenvalue weighted by Gasteiger charge is 2.30. The number of nitrogens with zero attached hydrogens (tertiary/aromatic N) is 3. The molecule has 0 bridgehead atoms. The van der Waals surface area contributed by atoms with E-state index in [1.165, 1.54) is 12.8 Å². The van der Waals surface area contributed by atoms with Crippen molar-refractivity contribution in [1.29, 1.82) is 0 Å². The fourth-order valence-electron chi connectivity index (χ4n) is 2.57. The second kappa shape index (κ2) is 5.95. The third-order valence-electron chi connectivity index (χ3n) is 3.78. The molecule has 1 aliphatic carbocycles. The van der Waals surface area contributed by atoms with Gasteiger partial charge in [0, 0.05) is 19.6 Å². The number of nitrogens with one attached hydrogen (secondary N) is 1. The zero-order valence-corrected chi connectivity index (χ0v) is 13.2. The monoisotopic (exact) mass is 278 g/mol. The van der Waals surface area contributed by atoms with E-state index in [1.54, 1.807) is 4.68 Å². The van der Waals surface area contributed by atoms with E-state index in [0.29, 0.717) is 18.5 Å². The van der Waals surface area contributed by atoms with Gasteiger partial charge in [0.2, 0.25) is 5.91 Å². The van der Waals surface area contributed by atoms with E-state index in [9.17, 15) is 4.79 Å². The molecule has 5 nitrogen and oxygen atoms in total. The largest absolute Gasteiger partial charge is 0.322 e. The van der Waals surface area contributed by atoms with Crippen LogP contribution in [0.4, 0.5) is 5.69 Å². The summed E-state index contributed by atoms with van der Waals surface area (Å²) in [6.07, 6.45) is 2.45. The Labute approximate surface area is 121 Å². The second-order valence-corrected chi connectivity index (χ2v) is 6.27. The molecule has 1 amide bonds. The molecule has 0 radical (unpaired) electrons. The summed E-state index contributed by atoms with van der Waals surface area (Å²) in [5, 5.41) is 7.35. The lowest BCUT2D eigenvalue weighted by atomic mass is 10.2. The smallest absolute Gasteiger partial charge is 0.238 e. The van der Waals surface area contributed by atoms with Gasteiger partial charge >= 0.3 is 0 Å². The first-order valence-electron chi connectivity index (χ1n) is 7.42. The van der Waals surface area contributed by atoms with Crippen LogP contribution < -0.4 is 5.32 Å². The molecule has 0 atom stereocenters. The third-order valence-corrected chi connectivity index (χ3v) is 3.78. The van der Waals surface area contributed by atoms with Gasteiger partial charge < -0.3 is 5.32 Å². The van der Waals surface area contributed by atoms with Crippen molar-refractivity contribution in [1.82, 2.24) is 14.7 Å². The average molecular weight is 278 g/mol. The molecule has 112 valence electrons. The number of carbonyl (C=O) groups excluding carboxylic acids is 1. The first kappa shape index (κ1) is 15.0. The molecule has 1 aromatic heterocycles. The molecule has 1 aliphatic rings. The van der Waals surface area contributed by atoms with Crippen molar-refractivity contribution < 1.29 is 4.79 Å². The van der Waals surface area contributed by atoms with Crippen LogP contribution >= 0.6 is 0 Å². The van der Waals surface area contributed by atoms with Crippen LogP contribution in [-0.2, 0) is 11.8 Å². The molecule has 0 aliphatic heterocycles. The summed E-state index contributed by atoms with van der Waals surface area (Å²) >= 11 is 0. The van der Waals surface area contributed by atoms with Crippen LogP contribution in [0.2, 0.25) is 0 Å². The second-order valence-electron chi connectivity index (χ2n) is 6.27. The van der Waals surface area contributed by atoms with Gasteiger partial charge in [-0.2, -0.15) is 5.10 Å². The Balaban J connectivity index is 1.97. The molecule has 1 fully saturated rings. The highest BCUT2D eigenvalue weighted by Crippen LogP contribution is 2.27. The Kier molecular flexibility index (Phi) is 4.48. The van der Waals surface area contributed by atoms with Gasteiger partial charge in [0.05, 0.1) is 23.6 Å². The topological polar surface area (TPSA) is 50.2 Å². The van der Waals surface area contributed by atoms with Crippen LogP contribution in [0.3, 0.4) is 0 Å². The molecule has 5 heteroatoms. The minimum Gasteiger partial charge on any atom is -0.322 e. The molecule has 1 heterocycles. The molecule has 2 rings (SSSR count). The summed E-state index contributed by atoms with van der Waals surface area (Å²) in [5.41, 5.74) is 2.73. The van der Waals surface area contributed by atoms with Gasteiger partial charge in [-0.1, -0.05) is 13.8 Å². The number of amides is 1. The van der Waals surface area contributed by atoms with Crippen LogP contribution in [0.5, 0.6) is 0 Å². The lowest BCUT2D eigenvalue weighted by Gasteiger charge is -2.23. The van der Waals surface area contributed by atoms with Crippen molar-refractivity contribution in [2.75, 3.05) is 18.4 Å². The van der Waals surface area contributed by atoms with Crippen LogP contribution in [0.25, 0.3) is 0 Å². The Morgan fingerprint density at radius 2 is 2.10 bits per heavy atom. The summed E-state index contributed by atoms with van der Waals surface area (Å²) in [5.74, 6) is 0.655. The zero-order valence-electron chi connectivity index (χ0n) is 13.2. The minimum atomic E-state index is 0.0664. The van der Waals surface area contributed by atoms with E-state index in [1.807, 2.05) is 20.9 Å². The Morgan fingerprint density at radius 1 is 1.45 bits per heavy atom. The van der Waals surface area contributed by atoms with Gasteiger partial charge in [-0.25, -0.2) is 0 Å². The summed E-state index contributed by atoms with van der Waals surface area (Å²) in [4.78, 5) is 14.6. The van der Waals surface area contributed by atoms with Crippen molar-refractivity contribution in [3.05, 3.63) is 11.4 Å². The predicted molar refractivity (Wildman–Crippen MR) is 80.7 cm³/mol. The quantitative estimate of drug-likeness (QED) is 0.867. The number of anilines is 1. The van der Waals surface area contributed by atoms with Crippen molar-refractivity contribution in [3.8, 4) is 0 Å². The fraction of sp³-hybridized carbons (Fsp3) is 0.733. The molecular weight excluding hydrogens is 252 g/mol. The van der Waals surface area contributed by atoms with E-state index in [4.69, 9.17) is 0 Å². The summed E-state index contributed by atoms with van der Waals surface area (Å²) in [7, 11) is 1.90. The Bertz CT molecular complexity index is 488.